The van der Waals surface area contributed by atoms with E-state index >= 15 is 0 Å². The Hall–Kier alpha value is -0.780. The van der Waals surface area contributed by atoms with Crippen molar-refractivity contribution < 1.29 is 14.1 Å². The number of ether oxygens (including phenoxy) is 1. The van der Waals surface area contributed by atoms with Crippen LogP contribution in [0.1, 0.15) is 27.7 Å². The lowest BCUT2D eigenvalue weighted by atomic mass is 10.3. The minimum atomic E-state index is -1.18. The third-order valence-electron chi connectivity index (χ3n) is 1.05. The molecule has 88 valence electrons. The van der Waals surface area contributed by atoms with E-state index in [1.54, 1.807) is 6.08 Å². The second-order valence-electron chi connectivity index (χ2n) is 3.58. The quantitative estimate of drug-likeness (QED) is 0.340. The standard InChI is InChI=1S/C6H8O2.C4H11NOS/c1-3-4-5-8-6(2)7;1-4(2,3)7(5)6/h3-5H,1H2,2H3;5H2,1-3H3/t;7-/m.1/s1. The summed E-state index contributed by atoms with van der Waals surface area (Å²) in [4.78, 5) is 10.0. The maximum atomic E-state index is 10.4. The van der Waals surface area contributed by atoms with Gasteiger partial charge in [0.25, 0.3) is 0 Å². The number of nitrogens with two attached hydrogens (primary N) is 1. The molecule has 0 spiro atoms. The molecule has 15 heavy (non-hydrogen) atoms. The molecule has 5 heteroatoms. The fourth-order valence-corrected chi connectivity index (χ4v) is 0.191. The van der Waals surface area contributed by atoms with Crippen molar-refractivity contribution in [3.05, 3.63) is 25.0 Å². The second-order valence-corrected chi connectivity index (χ2v) is 5.40. The van der Waals surface area contributed by atoms with Crippen LogP contribution in [0.4, 0.5) is 0 Å². The van der Waals surface area contributed by atoms with Crippen molar-refractivity contribution in [2.75, 3.05) is 0 Å². The molecular formula is C10H19NO3S. The molecule has 0 fully saturated rings. The zero-order chi connectivity index (χ0) is 12.5. The third kappa shape index (κ3) is 15.9. The van der Waals surface area contributed by atoms with E-state index in [1.165, 1.54) is 19.3 Å². The van der Waals surface area contributed by atoms with E-state index in [2.05, 4.69) is 11.3 Å². The molecule has 0 aliphatic carbocycles. The SMILES string of the molecule is C=CC=COC(C)=O.CC(C)(C)[S@+](N)[O-]. The van der Waals surface area contributed by atoms with Crippen molar-refractivity contribution in [3.8, 4) is 0 Å². The lowest BCUT2D eigenvalue weighted by Gasteiger charge is -2.17. The highest BCUT2D eigenvalue weighted by Crippen LogP contribution is 2.09. The molecule has 0 rings (SSSR count). The van der Waals surface area contributed by atoms with Gasteiger partial charge >= 0.3 is 5.97 Å². The molecule has 0 radical (unpaired) electrons. The first-order valence-electron chi connectivity index (χ1n) is 4.33. The molecular weight excluding hydrogens is 214 g/mol. The zero-order valence-corrected chi connectivity index (χ0v) is 10.5. The first-order valence-corrected chi connectivity index (χ1v) is 5.54. The topological polar surface area (TPSA) is 75.4 Å². The molecule has 0 aromatic heterocycles. The van der Waals surface area contributed by atoms with Gasteiger partial charge in [-0.2, -0.15) is 5.14 Å². The number of allylic oxidation sites excluding steroid dienone is 2. The fraction of sp³-hybridized carbons (Fsp3) is 0.500. The summed E-state index contributed by atoms with van der Waals surface area (Å²) in [7, 11) is 0. The summed E-state index contributed by atoms with van der Waals surface area (Å²) < 4.78 is 14.5. The van der Waals surface area contributed by atoms with Gasteiger partial charge in [-0.15, -0.1) is 0 Å². The number of carbonyl (C=O) groups excluding carboxylic acids is 1. The maximum absolute atomic E-state index is 10.4. The molecule has 4 nitrogen and oxygen atoms in total. The lowest BCUT2D eigenvalue weighted by molar-refractivity contribution is -0.135. The second kappa shape index (κ2) is 8.52. The molecule has 0 amide bonds. The van der Waals surface area contributed by atoms with Gasteiger partial charge in [0.05, 0.1) is 6.26 Å². The summed E-state index contributed by atoms with van der Waals surface area (Å²) in [5.41, 5.74) is 0. The minimum absolute atomic E-state index is 0.250. The normalized spacial score (nSPS) is 12.7. The predicted molar refractivity (Wildman–Crippen MR) is 63.2 cm³/mol. The maximum Gasteiger partial charge on any atom is 0.307 e. The van der Waals surface area contributed by atoms with Crippen LogP contribution in [-0.4, -0.2) is 15.3 Å². The average Bonchev–Trinajstić information content (AvgIpc) is 2.03. The fourth-order valence-electron chi connectivity index (χ4n) is 0.191. The largest absolute Gasteiger partial charge is 0.598 e. The molecule has 0 saturated carbocycles. The van der Waals surface area contributed by atoms with E-state index in [4.69, 9.17) is 5.14 Å². The van der Waals surface area contributed by atoms with Crippen molar-refractivity contribution in [2.24, 2.45) is 5.14 Å². The van der Waals surface area contributed by atoms with Crippen LogP contribution in [0.2, 0.25) is 0 Å². The van der Waals surface area contributed by atoms with Gasteiger partial charge in [-0.05, 0) is 26.8 Å². The van der Waals surface area contributed by atoms with Crippen molar-refractivity contribution in [1.82, 2.24) is 0 Å². The van der Waals surface area contributed by atoms with Crippen LogP contribution in [0.25, 0.3) is 0 Å². The van der Waals surface area contributed by atoms with E-state index in [9.17, 15) is 9.35 Å². The lowest BCUT2D eigenvalue weighted by Crippen LogP contribution is -2.34. The van der Waals surface area contributed by atoms with Crippen LogP contribution in [0, 0.1) is 0 Å². The Bertz CT molecular complexity index is 219. The van der Waals surface area contributed by atoms with Crippen LogP contribution in [0.15, 0.2) is 25.0 Å². The highest BCUT2D eigenvalue weighted by molar-refractivity contribution is 7.90. The number of esters is 1. The van der Waals surface area contributed by atoms with Gasteiger partial charge in [0.2, 0.25) is 0 Å². The molecule has 0 aliphatic rings. The summed E-state index contributed by atoms with van der Waals surface area (Å²) in [5.74, 6) is -0.317. The molecule has 0 aliphatic heterocycles. The third-order valence-corrected chi connectivity index (χ3v) is 2.26. The molecule has 2 N–H and O–H groups in total. The predicted octanol–water partition coefficient (Wildman–Crippen LogP) is 1.66. The van der Waals surface area contributed by atoms with Crippen LogP contribution >= 0.6 is 0 Å². The summed E-state index contributed by atoms with van der Waals surface area (Å²) in [5, 5.41) is 5.04. The Morgan fingerprint density at radius 1 is 1.53 bits per heavy atom. The Morgan fingerprint density at radius 2 is 1.93 bits per heavy atom. The molecule has 1 atom stereocenters. The van der Waals surface area contributed by atoms with E-state index < -0.39 is 11.4 Å². The molecule has 0 aromatic carbocycles. The number of rotatable bonds is 2. The van der Waals surface area contributed by atoms with E-state index in [0.29, 0.717) is 0 Å². The Labute approximate surface area is 94.5 Å². The van der Waals surface area contributed by atoms with Gasteiger partial charge in [0.1, 0.15) is 4.75 Å². The first kappa shape index (κ1) is 16.6. The van der Waals surface area contributed by atoms with Crippen molar-refractivity contribution in [2.45, 2.75) is 32.4 Å². The first-order chi connectivity index (χ1) is 6.71. The monoisotopic (exact) mass is 233 g/mol. The van der Waals surface area contributed by atoms with Crippen LogP contribution in [0.3, 0.4) is 0 Å². The van der Waals surface area contributed by atoms with E-state index in [-0.39, 0.29) is 10.7 Å². The highest BCUT2D eigenvalue weighted by Gasteiger charge is 2.21. The van der Waals surface area contributed by atoms with Crippen LogP contribution in [0.5, 0.6) is 0 Å². The van der Waals surface area contributed by atoms with Crippen LogP contribution in [-0.2, 0) is 20.9 Å². The number of hydrogen-bond donors (Lipinski definition) is 1. The molecule has 0 aromatic rings. The molecule has 0 saturated heterocycles. The van der Waals surface area contributed by atoms with Gasteiger partial charge in [-0.3, -0.25) is 4.79 Å². The molecule has 0 unspecified atom stereocenters. The number of carbonyl (C=O) groups is 1. The highest BCUT2D eigenvalue weighted by atomic mass is 32.2. The minimum Gasteiger partial charge on any atom is -0.598 e. The van der Waals surface area contributed by atoms with E-state index in [0.717, 1.165) is 0 Å². The summed E-state index contributed by atoms with van der Waals surface area (Å²) in [6.45, 7) is 10.2. The number of hydrogen-bond acceptors (Lipinski definition) is 4. The van der Waals surface area contributed by atoms with Crippen LogP contribution < -0.4 is 5.14 Å². The van der Waals surface area contributed by atoms with Gasteiger partial charge in [-0.1, -0.05) is 12.7 Å². The van der Waals surface area contributed by atoms with Gasteiger partial charge in [0, 0.05) is 18.3 Å². The summed E-state index contributed by atoms with van der Waals surface area (Å²) in [6, 6.07) is 0. The smallest absolute Gasteiger partial charge is 0.307 e. The van der Waals surface area contributed by atoms with Gasteiger partial charge in [-0.25, -0.2) is 0 Å². The van der Waals surface area contributed by atoms with Gasteiger partial charge < -0.3 is 9.29 Å². The zero-order valence-electron chi connectivity index (χ0n) is 9.65. The molecule has 0 bridgehead atoms. The Balaban J connectivity index is 0. The average molecular weight is 233 g/mol. The Morgan fingerprint density at radius 3 is 2.13 bits per heavy atom. The summed E-state index contributed by atoms with van der Waals surface area (Å²) in [6.07, 6.45) is 4.36. The van der Waals surface area contributed by atoms with Crippen molar-refractivity contribution >= 4 is 17.3 Å². The molecule has 0 heterocycles. The van der Waals surface area contributed by atoms with Crippen molar-refractivity contribution in [3.63, 3.8) is 0 Å². The Kier molecular flexibility index (Phi) is 9.46. The van der Waals surface area contributed by atoms with Crippen molar-refractivity contribution in [1.29, 1.82) is 0 Å². The van der Waals surface area contributed by atoms with Gasteiger partial charge in [0.15, 0.2) is 0 Å². The summed E-state index contributed by atoms with van der Waals surface area (Å²) >= 11 is -1.18. The van der Waals surface area contributed by atoms with E-state index in [1.807, 2.05) is 20.8 Å².